The summed E-state index contributed by atoms with van der Waals surface area (Å²) in [5.41, 5.74) is 2.34. The maximum absolute atomic E-state index is 4.24. The zero-order valence-corrected chi connectivity index (χ0v) is 13.6. The number of hydrogen-bond donors (Lipinski definition) is 0. The van der Waals surface area contributed by atoms with Crippen molar-refractivity contribution in [2.24, 2.45) is 0 Å². The van der Waals surface area contributed by atoms with E-state index in [1.807, 2.05) is 0 Å². The molecule has 17 heavy (non-hydrogen) atoms. The van der Waals surface area contributed by atoms with Gasteiger partial charge in [-0.2, -0.15) is 0 Å². The van der Waals surface area contributed by atoms with Gasteiger partial charge in [0.1, 0.15) is 10.0 Å². The van der Waals surface area contributed by atoms with Crippen LogP contribution in [0.4, 0.5) is 0 Å². The van der Waals surface area contributed by atoms with Crippen molar-refractivity contribution in [2.75, 3.05) is 0 Å². The van der Waals surface area contributed by atoms with Crippen LogP contribution in [0.5, 0.6) is 0 Å². The van der Waals surface area contributed by atoms with Gasteiger partial charge in [0, 0.05) is 10.0 Å². The Morgan fingerprint density at radius 3 is 2.76 bits per heavy atom. The van der Waals surface area contributed by atoms with Crippen LogP contribution in [-0.4, -0.2) is 10.2 Å². The fourth-order valence-electron chi connectivity index (χ4n) is 1.38. The van der Waals surface area contributed by atoms with Crippen LogP contribution in [0.25, 0.3) is 10.6 Å². The zero-order chi connectivity index (χ0) is 12.4. The van der Waals surface area contributed by atoms with Crippen LogP contribution in [0, 0.1) is 6.92 Å². The molecule has 0 radical (unpaired) electrons. The van der Waals surface area contributed by atoms with Crippen molar-refractivity contribution in [3.8, 4) is 10.6 Å². The van der Waals surface area contributed by atoms with E-state index in [0.29, 0.717) is 4.83 Å². The number of nitrogens with zero attached hydrogens (tertiary/aromatic N) is 2. The maximum Gasteiger partial charge on any atom is 0.147 e. The van der Waals surface area contributed by atoms with Gasteiger partial charge in [0.25, 0.3) is 0 Å². The molecule has 0 aliphatic rings. The summed E-state index contributed by atoms with van der Waals surface area (Å²) in [6, 6.07) is 6.26. The van der Waals surface area contributed by atoms with E-state index in [-0.39, 0.29) is 0 Å². The van der Waals surface area contributed by atoms with E-state index in [4.69, 9.17) is 0 Å². The molecule has 0 N–H and O–H groups in total. The molecule has 2 aromatic rings. The SMILES string of the molecule is CCC(Br)c1nnc(-c2ccc(C)c(Br)c2)s1. The van der Waals surface area contributed by atoms with Gasteiger partial charge in [-0.25, -0.2) is 0 Å². The molecule has 2 nitrogen and oxygen atoms in total. The summed E-state index contributed by atoms with van der Waals surface area (Å²) < 4.78 is 1.11. The molecular weight excluding hydrogens is 364 g/mol. The van der Waals surface area contributed by atoms with Gasteiger partial charge in [0.2, 0.25) is 0 Å². The highest BCUT2D eigenvalue weighted by Gasteiger charge is 2.13. The van der Waals surface area contributed by atoms with Gasteiger partial charge in [-0.05, 0) is 25.0 Å². The summed E-state index contributed by atoms with van der Waals surface area (Å²) in [6.45, 7) is 4.20. The normalized spacial score (nSPS) is 12.7. The molecule has 1 aromatic heterocycles. The first-order valence-corrected chi connectivity index (χ1v) is 7.88. The molecule has 1 atom stereocenters. The Hall–Kier alpha value is -0.260. The van der Waals surface area contributed by atoms with Crippen LogP contribution in [-0.2, 0) is 0 Å². The van der Waals surface area contributed by atoms with Crippen molar-refractivity contribution in [2.45, 2.75) is 25.1 Å². The highest BCUT2D eigenvalue weighted by Crippen LogP contribution is 2.33. The van der Waals surface area contributed by atoms with E-state index < -0.39 is 0 Å². The van der Waals surface area contributed by atoms with Crippen LogP contribution in [0.3, 0.4) is 0 Å². The van der Waals surface area contributed by atoms with E-state index in [0.717, 1.165) is 26.5 Å². The molecule has 0 aliphatic heterocycles. The lowest BCUT2D eigenvalue weighted by atomic mass is 10.2. The molecule has 2 rings (SSSR count). The molecule has 0 bridgehead atoms. The standard InChI is InChI=1S/C12H12Br2N2S/c1-3-9(13)12-16-15-11(17-12)8-5-4-7(2)10(14)6-8/h4-6,9H,3H2,1-2H3. The van der Waals surface area contributed by atoms with E-state index in [1.54, 1.807) is 11.3 Å². The molecule has 1 heterocycles. The molecule has 1 unspecified atom stereocenters. The molecule has 0 saturated carbocycles. The molecule has 1 aromatic carbocycles. The predicted molar refractivity (Wildman–Crippen MR) is 79.7 cm³/mol. The van der Waals surface area contributed by atoms with Crippen molar-refractivity contribution < 1.29 is 0 Å². The largest absolute Gasteiger partial charge is 0.147 e. The quantitative estimate of drug-likeness (QED) is 0.695. The summed E-state index contributed by atoms with van der Waals surface area (Å²) >= 11 is 8.78. The summed E-state index contributed by atoms with van der Waals surface area (Å²) in [5.74, 6) is 0. The third-order valence-corrected chi connectivity index (χ3v) is 5.81. The van der Waals surface area contributed by atoms with Crippen molar-refractivity contribution in [1.29, 1.82) is 0 Å². The molecule has 0 spiro atoms. The average molecular weight is 376 g/mol. The number of aryl methyl sites for hydroxylation is 1. The molecule has 0 saturated heterocycles. The lowest BCUT2D eigenvalue weighted by Crippen LogP contribution is -1.84. The highest BCUT2D eigenvalue weighted by molar-refractivity contribution is 9.10. The first-order chi connectivity index (χ1) is 8.11. The number of aromatic nitrogens is 2. The van der Waals surface area contributed by atoms with Crippen molar-refractivity contribution in [1.82, 2.24) is 10.2 Å². The van der Waals surface area contributed by atoms with E-state index in [2.05, 4.69) is 74.1 Å². The van der Waals surface area contributed by atoms with Gasteiger partial charge in [-0.1, -0.05) is 62.3 Å². The number of alkyl halides is 1. The molecule has 0 amide bonds. The number of benzene rings is 1. The van der Waals surface area contributed by atoms with Gasteiger partial charge in [0.05, 0.1) is 4.83 Å². The molecule has 0 aliphatic carbocycles. The van der Waals surface area contributed by atoms with Crippen LogP contribution in [0.1, 0.15) is 28.7 Å². The third-order valence-electron chi connectivity index (χ3n) is 2.49. The molecule has 5 heteroatoms. The Bertz CT molecular complexity index is 525. The zero-order valence-electron chi connectivity index (χ0n) is 9.58. The third kappa shape index (κ3) is 2.95. The number of hydrogen-bond acceptors (Lipinski definition) is 3. The first kappa shape index (κ1) is 13.2. The van der Waals surface area contributed by atoms with Crippen LogP contribution >= 0.6 is 43.2 Å². The van der Waals surface area contributed by atoms with Crippen molar-refractivity contribution >= 4 is 43.2 Å². The van der Waals surface area contributed by atoms with Gasteiger partial charge in [-0.15, -0.1) is 10.2 Å². The van der Waals surface area contributed by atoms with E-state index in [1.165, 1.54) is 5.56 Å². The Labute approximate surface area is 122 Å². The lowest BCUT2D eigenvalue weighted by molar-refractivity contribution is 0.870. The van der Waals surface area contributed by atoms with Crippen LogP contribution in [0.2, 0.25) is 0 Å². The van der Waals surface area contributed by atoms with Crippen molar-refractivity contribution in [3.63, 3.8) is 0 Å². The second kappa shape index (κ2) is 5.59. The minimum absolute atomic E-state index is 0.308. The van der Waals surface area contributed by atoms with Crippen LogP contribution < -0.4 is 0 Å². The van der Waals surface area contributed by atoms with Crippen LogP contribution in [0.15, 0.2) is 22.7 Å². The van der Waals surface area contributed by atoms with Gasteiger partial charge >= 0.3 is 0 Å². The van der Waals surface area contributed by atoms with E-state index >= 15 is 0 Å². The Kier molecular flexibility index (Phi) is 4.33. The van der Waals surface area contributed by atoms with Gasteiger partial charge < -0.3 is 0 Å². The predicted octanol–water partition coefficient (Wildman–Crippen LogP) is 5.12. The minimum Gasteiger partial charge on any atom is -0.142 e. The van der Waals surface area contributed by atoms with Crippen molar-refractivity contribution in [3.05, 3.63) is 33.2 Å². The van der Waals surface area contributed by atoms with E-state index in [9.17, 15) is 0 Å². The first-order valence-electron chi connectivity index (χ1n) is 5.35. The lowest BCUT2D eigenvalue weighted by Gasteiger charge is -2.00. The minimum atomic E-state index is 0.308. The average Bonchev–Trinajstić information content (AvgIpc) is 2.81. The van der Waals surface area contributed by atoms with Gasteiger partial charge in [-0.3, -0.25) is 0 Å². The Morgan fingerprint density at radius 1 is 1.35 bits per heavy atom. The maximum atomic E-state index is 4.24. The monoisotopic (exact) mass is 374 g/mol. The summed E-state index contributed by atoms with van der Waals surface area (Å²) in [5, 5.41) is 10.5. The van der Waals surface area contributed by atoms with Gasteiger partial charge in [0.15, 0.2) is 0 Å². The Balaban J connectivity index is 2.33. The molecule has 90 valence electrons. The molecular formula is C12H12Br2N2S. The number of halogens is 2. The topological polar surface area (TPSA) is 25.8 Å². The fourth-order valence-corrected chi connectivity index (χ4v) is 3.03. The second-order valence-corrected chi connectivity index (χ2v) is 6.75. The Morgan fingerprint density at radius 2 is 2.12 bits per heavy atom. The summed E-state index contributed by atoms with van der Waals surface area (Å²) in [4.78, 5) is 0.308. The molecule has 0 fully saturated rings. The fraction of sp³-hybridized carbons (Fsp3) is 0.333. The highest BCUT2D eigenvalue weighted by atomic mass is 79.9. The summed E-state index contributed by atoms with van der Waals surface area (Å²) in [6.07, 6.45) is 1.02. The number of rotatable bonds is 3. The summed E-state index contributed by atoms with van der Waals surface area (Å²) in [7, 11) is 0. The second-order valence-electron chi connectivity index (χ2n) is 3.79. The smallest absolute Gasteiger partial charge is 0.142 e.